The molecule has 0 radical (unpaired) electrons. The van der Waals surface area contributed by atoms with E-state index in [1.54, 1.807) is 31.3 Å². The van der Waals surface area contributed by atoms with Crippen LogP contribution in [0.2, 0.25) is 0 Å². The summed E-state index contributed by atoms with van der Waals surface area (Å²) in [6.45, 7) is 3.53. The van der Waals surface area contributed by atoms with E-state index < -0.39 is 10.9 Å². The fourth-order valence-electron chi connectivity index (χ4n) is 2.73. The number of aromatic nitrogens is 1. The number of nitro groups is 1. The highest BCUT2D eigenvalue weighted by Crippen LogP contribution is 2.27. The first-order valence-corrected chi connectivity index (χ1v) is 8.17. The van der Waals surface area contributed by atoms with Crippen LogP contribution in [0, 0.1) is 24.0 Å². The Morgan fingerprint density at radius 1 is 1.19 bits per heavy atom. The maximum absolute atomic E-state index is 11.2. The molecule has 1 N–H and O–H groups in total. The minimum atomic E-state index is -0.979. The zero-order valence-electron chi connectivity index (χ0n) is 14.8. The van der Waals surface area contributed by atoms with Crippen LogP contribution in [0.15, 0.2) is 59.7 Å². The number of hydrogen-bond acceptors (Lipinski definition) is 4. The third kappa shape index (κ3) is 3.77. The van der Waals surface area contributed by atoms with Crippen LogP contribution in [0.1, 0.15) is 27.2 Å². The lowest BCUT2D eigenvalue weighted by molar-refractivity contribution is -0.385. The molecule has 0 amide bonds. The van der Waals surface area contributed by atoms with E-state index in [9.17, 15) is 14.9 Å². The third-order valence-electron chi connectivity index (χ3n) is 4.34. The molecule has 0 saturated heterocycles. The lowest BCUT2D eigenvalue weighted by Gasteiger charge is -2.07. The van der Waals surface area contributed by atoms with Gasteiger partial charge in [0.25, 0.3) is 5.69 Å². The topological polar surface area (TPSA) is 97.7 Å². The molecule has 0 bridgehead atoms. The molecule has 0 fully saturated rings. The molecule has 7 nitrogen and oxygen atoms in total. The molecule has 7 heteroatoms. The predicted molar refractivity (Wildman–Crippen MR) is 103 cm³/mol. The lowest BCUT2D eigenvalue weighted by atomic mass is 10.1. The molecule has 136 valence electrons. The van der Waals surface area contributed by atoms with E-state index in [0.29, 0.717) is 11.3 Å². The average Bonchev–Trinajstić information content (AvgIpc) is 3.11. The largest absolute Gasteiger partial charge is 0.478 e. The van der Waals surface area contributed by atoms with Crippen molar-refractivity contribution in [3.63, 3.8) is 0 Å². The molecular formula is C20H17N3O4. The molecule has 0 aliphatic carbocycles. The SMILES string of the molecule is Cc1cc(N=Cc2cccn2-c2ccc(C(=O)O)cc2)cc([N+](=O)[O-])c1C. The van der Waals surface area contributed by atoms with Gasteiger partial charge in [-0.15, -0.1) is 0 Å². The molecule has 0 aliphatic heterocycles. The van der Waals surface area contributed by atoms with Gasteiger partial charge < -0.3 is 9.67 Å². The first-order chi connectivity index (χ1) is 12.9. The number of hydrogen-bond donors (Lipinski definition) is 1. The zero-order valence-corrected chi connectivity index (χ0v) is 14.8. The molecule has 0 spiro atoms. The van der Waals surface area contributed by atoms with Gasteiger partial charge in [-0.2, -0.15) is 0 Å². The number of carboxylic acid groups (broad SMARTS) is 1. The molecule has 3 rings (SSSR count). The van der Waals surface area contributed by atoms with Crippen molar-refractivity contribution in [2.45, 2.75) is 13.8 Å². The number of aryl methyl sites for hydroxylation is 1. The molecule has 2 aromatic carbocycles. The number of rotatable bonds is 5. The summed E-state index contributed by atoms with van der Waals surface area (Å²) in [6, 6.07) is 13.4. The van der Waals surface area contributed by atoms with Crippen molar-refractivity contribution in [1.29, 1.82) is 0 Å². The smallest absolute Gasteiger partial charge is 0.335 e. The molecule has 0 saturated carbocycles. The summed E-state index contributed by atoms with van der Waals surface area (Å²) in [4.78, 5) is 26.1. The fraction of sp³-hybridized carbons (Fsp3) is 0.100. The van der Waals surface area contributed by atoms with Crippen molar-refractivity contribution in [3.05, 3.63) is 87.2 Å². The highest BCUT2D eigenvalue weighted by molar-refractivity contribution is 5.88. The molecule has 1 heterocycles. The number of aromatic carboxylic acids is 1. The molecule has 3 aromatic rings. The molecule has 1 aromatic heterocycles. The fourth-order valence-corrected chi connectivity index (χ4v) is 2.73. The molecular weight excluding hydrogens is 346 g/mol. The van der Waals surface area contributed by atoms with Gasteiger partial charge in [-0.25, -0.2) is 4.79 Å². The number of benzene rings is 2. The van der Waals surface area contributed by atoms with Gasteiger partial charge in [0.2, 0.25) is 0 Å². The second kappa shape index (κ2) is 7.25. The van der Waals surface area contributed by atoms with Crippen LogP contribution in [0.5, 0.6) is 0 Å². The summed E-state index contributed by atoms with van der Waals surface area (Å²) in [5, 5.41) is 20.2. The van der Waals surface area contributed by atoms with E-state index in [4.69, 9.17) is 5.11 Å². The monoisotopic (exact) mass is 363 g/mol. The van der Waals surface area contributed by atoms with Crippen LogP contribution >= 0.6 is 0 Å². The third-order valence-corrected chi connectivity index (χ3v) is 4.34. The van der Waals surface area contributed by atoms with E-state index in [-0.39, 0.29) is 11.3 Å². The standard InChI is InChI=1S/C20H17N3O4/c1-13-10-16(11-19(14(13)2)23(26)27)21-12-18-4-3-9-22(18)17-7-5-15(6-8-17)20(24)25/h3-12H,1-2H3,(H,24,25). The summed E-state index contributed by atoms with van der Waals surface area (Å²) < 4.78 is 1.85. The van der Waals surface area contributed by atoms with Crippen LogP contribution < -0.4 is 0 Å². The van der Waals surface area contributed by atoms with Gasteiger partial charge in [0.1, 0.15) is 0 Å². The maximum atomic E-state index is 11.2. The van der Waals surface area contributed by atoms with E-state index in [2.05, 4.69) is 4.99 Å². The van der Waals surface area contributed by atoms with Crippen LogP contribution in [0.25, 0.3) is 5.69 Å². The summed E-state index contributed by atoms with van der Waals surface area (Å²) in [5.74, 6) is -0.979. The first kappa shape index (κ1) is 18.1. The Morgan fingerprint density at radius 2 is 1.89 bits per heavy atom. The van der Waals surface area contributed by atoms with Crippen molar-refractivity contribution >= 4 is 23.6 Å². The van der Waals surface area contributed by atoms with Crippen molar-refractivity contribution in [3.8, 4) is 5.69 Å². The van der Waals surface area contributed by atoms with E-state index in [0.717, 1.165) is 16.9 Å². The Hall–Kier alpha value is -3.74. The van der Waals surface area contributed by atoms with Crippen molar-refractivity contribution in [1.82, 2.24) is 4.57 Å². The highest BCUT2D eigenvalue weighted by atomic mass is 16.6. The normalized spacial score (nSPS) is 11.0. The number of carboxylic acids is 1. The quantitative estimate of drug-likeness (QED) is 0.411. The minimum Gasteiger partial charge on any atom is -0.478 e. The van der Waals surface area contributed by atoms with Gasteiger partial charge in [-0.05, 0) is 61.9 Å². The second-order valence-electron chi connectivity index (χ2n) is 6.08. The lowest BCUT2D eigenvalue weighted by Crippen LogP contribution is -2.00. The van der Waals surface area contributed by atoms with E-state index in [1.807, 2.05) is 29.8 Å². The van der Waals surface area contributed by atoms with E-state index >= 15 is 0 Å². The maximum Gasteiger partial charge on any atom is 0.335 e. The Bertz CT molecular complexity index is 1050. The Kier molecular flexibility index (Phi) is 4.85. The van der Waals surface area contributed by atoms with Gasteiger partial charge in [-0.1, -0.05) is 0 Å². The van der Waals surface area contributed by atoms with Crippen LogP contribution in [0.3, 0.4) is 0 Å². The minimum absolute atomic E-state index is 0.0433. The molecule has 0 unspecified atom stereocenters. The van der Waals surface area contributed by atoms with Crippen molar-refractivity contribution in [2.75, 3.05) is 0 Å². The van der Waals surface area contributed by atoms with Crippen molar-refractivity contribution in [2.24, 2.45) is 4.99 Å². The number of nitro benzene ring substituents is 1. The summed E-state index contributed by atoms with van der Waals surface area (Å²) in [6.07, 6.45) is 3.46. The number of aliphatic imine (C=N–C) groups is 1. The van der Waals surface area contributed by atoms with Crippen LogP contribution in [-0.2, 0) is 0 Å². The van der Waals surface area contributed by atoms with Crippen LogP contribution in [-0.4, -0.2) is 26.8 Å². The van der Waals surface area contributed by atoms with Gasteiger partial charge >= 0.3 is 5.97 Å². The first-order valence-electron chi connectivity index (χ1n) is 8.17. The van der Waals surface area contributed by atoms with Gasteiger partial charge in [-0.3, -0.25) is 15.1 Å². The van der Waals surface area contributed by atoms with E-state index in [1.165, 1.54) is 18.2 Å². The molecule has 0 aliphatic rings. The van der Waals surface area contributed by atoms with Crippen molar-refractivity contribution < 1.29 is 14.8 Å². The molecule has 27 heavy (non-hydrogen) atoms. The predicted octanol–water partition coefficient (Wildman–Crippen LogP) is 4.45. The number of nitrogens with zero attached hydrogens (tertiary/aromatic N) is 3. The second-order valence-corrected chi connectivity index (χ2v) is 6.08. The summed E-state index contributed by atoms with van der Waals surface area (Å²) in [5.41, 5.74) is 3.73. The summed E-state index contributed by atoms with van der Waals surface area (Å²) >= 11 is 0. The van der Waals surface area contributed by atoms with Gasteiger partial charge in [0.15, 0.2) is 0 Å². The Balaban J connectivity index is 1.93. The Morgan fingerprint density at radius 3 is 2.52 bits per heavy atom. The highest BCUT2D eigenvalue weighted by Gasteiger charge is 2.13. The van der Waals surface area contributed by atoms with Gasteiger partial charge in [0, 0.05) is 23.5 Å². The molecule has 0 atom stereocenters. The summed E-state index contributed by atoms with van der Waals surface area (Å²) in [7, 11) is 0. The number of carbonyl (C=O) groups is 1. The zero-order chi connectivity index (χ0) is 19.6. The Labute approximate surface area is 155 Å². The average molecular weight is 363 g/mol. The van der Waals surface area contributed by atoms with Gasteiger partial charge in [0.05, 0.1) is 28.1 Å². The van der Waals surface area contributed by atoms with Crippen LogP contribution in [0.4, 0.5) is 11.4 Å².